The summed E-state index contributed by atoms with van der Waals surface area (Å²) in [6.07, 6.45) is 6.40. The monoisotopic (exact) mass is 378 g/mol. The van der Waals surface area contributed by atoms with Crippen LogP contribution < -0.4 is 15.5 Å². The fourth-order valence-corrected chi connectivity index (χ4v) is 3.79. The summed E-state index contributed by atoms with van der Waals surface area (Å²) >= 11 is 0. The summed E-state index contributed by atoms with van der Waals surface area (Å²) in [5.74, 6) is 0.633. The average molecular weight is 378 g/mol. The Bertz CT molecular complexity index is 878. The molecule has 1 heterocycles. The molecule has 2 aromatic carbocycles. The van der Waals surface area contributed by atoms with E-state index in [0.717, 1.165) is 37.5 Å². The molecule has 0 spiro atoms. The van der Waals surface area contributed by atoms with Gasteiger partial charge in [-0.25, -0.2) is 4.39 Å². The first-order valence-corrected chi connectivity index (χ1v) is 9.89. The number of benzene rings is 2. The molecule has 0 aromatic heterocycles. The van der Waals surface area contributed by atoms with Gasteiger partial charge in [0.2, 0.25) is 0 Å². The molecular weight excluding hydrogens is 351 g/mol. The van der Waals surface area contributed by atoms with Crippen molar-refractivity contribution in [3.05, 3.63) is 77.6 Å². The molecule has 0 radical (unpaired) electrons. The zero-order chi connectivity index (χ0) is 19.4. The number of hydrogen-bond acceptors (Lipinski definition) is 2. The van der Waals surface area contributed by atoms with Crippen LogP contribution in [0.1, 0.15) is 24.0 Å². The maximum Gasteiger partial charge on any atom is 0.191 e. The number of nitrogens with one attached hydrogen (secondary N) is 2. The molecule has 0 amide bonds. The first-order chi connectivity index (χ1) is 13.7. The third kappa shape index (κ3) is 4.03. The predicted molar refractivity (Wildman–Crippen MR) is 113 cm³/mol. The van der Waals surface area contributed by atoms with Crippen LogP contribution >= 0.6 is 0 Å². The molecular formula is C23H27FN4. The number of aliphatic imine (C=N–C) groups is 1. The largest absolute Gasteiger partial charge is 0.364 e. The van der Waals surface area contributed by atoms with Crippen LogP contribution in [0, 0.1) is 5.82 Å². The van der Waals surface area contributed by atoms with Crippen LogP contribution in [-0.2, 0) is 12.0 Å². The Kier molecular flexibility index (Phi) is 5.33. The minimum Gasteiger partial charge on any atom is -0.364 e. The zero-order valence-corrected chi connectivity index (χ0v) is 16.3. The van der Waals surface area contributed by atoms with E-state index in [4.69, 9.17) is 0 Å². The molecule has 2 aliphatic rings. The predicted octanol–water partition coefficient (Wildman–Crippen LogP) is 3.60. The number of rotatable bonds is 6. The van der Waals surface area contributed by atoms with Gasteiger partial charge in [0.25, 0.3) is 0 Å². The summed E-state index contributed by atoms with van der Waals surface area (Å²) in [7, 11) is 1.77. The van der Waals surface area contributed by atoms with Gasteiger partial charge in [0, 0.05) is 44.3 Å². The van der Waals surface area contributed by atoms with Crippen molar-refractivity contribution in [2.45, 2.75) is 24.8 Å². The molecule has 1 aliphatic heterocycles. The van der Waals surface area contributed by atoms with Crippen molar-refractivity contribution in [2.24, 2.45) is 4.99 Å². The number of anilines is 1. The summed E-state index contributed by atoms with van der Waals surface area (Å²) in [5, 5.41) is 6.77. The van der Waals surface area contributed by atoms with E-state index in [1.54, 1.807) is 19.2 Å². The van der Waals surface area contributed by atoms with Crippen LogP contribution in [0.15, 0.2) is 65.7 Å². The van der Waals surface area contributed by atoms with E-state index < -0.39 is 0 Å². The lowest BCUT2D eigenvalue weighted by atomic mass is 9.95. The van der Waals surface area contributed by atoms with Crippen molar-refractivity contribution in [3.8, 4) is 0 Å². The van der Waals surface area contributed by atoms with E-state index in [1.807, 2.05) is 12.1 Å². The van der Waals surface area contributed by atoms with Gasteiger partial charge < -0.3 is 15.5 Å². The molecule has 1 aliphatic carbocycles. The molecule has 0 atom stereocenters. The second kappa shape index (κ2) is 8.05. The standard InChI is InChI=1S/C23H27FN4/c1-25-22(27-17-23(11-12-23)20-9-2-3-10-21(20)24)26-16-18-7-6-8-19(15-18)28-13-4-5-14-28/h2-10,15H,11-14,16-17H2,1H3,(H2,25,26,27). The maximum absolute atomic E-state index is 14.2. The van der Waals surface area contributed by atoms with Crippen LogP contribution in [0.2, 0.25) is 0 Å². The van der Waals surface area contributed by atoms with Gasteiger partial charge in [0.05, 0.1) is 0 Å². The van der Waals surface area contributed by atoms with E-state index >= 15 is 0 Å². The van der Waals surface area contributed by atoms with Gasteiger partial charge in [-0.05, 0) is 42.2 Å². The Morgan fingerprint density at radius 3 is 2.57 bits per heavy atom. The Balaban J connectivity index is 1.33. The van der Waals surface area contributed by atoms with Crippen LogP contribution in [0.3, 0.4) is 0 Å². The highest BCUT2D eigenvalue weighted by molar-refractivity contribution is 5.79. The number of halogens is 1. The summed E-state index contributed by atoms with van der Waals surface area (Å²) in [4.78, 5) is 6.67. The normalized spacial score (nSPS) is 17.6. The highest BCUT2D eigenvalue weighted by Gasteiger charge is 2.45. The second-order valence-electron chi connectivity index (χ2n) is 7.59. The van der Waals surface area contributed by atoms with Crippen molar-refractivity contribution in [3.63, 3.8) is 0 Å². The van der Waals surface area contributed by atoms with E-state index in [1.165, 1.54) is 11.3 Å². The fraction of sp³-hybridized carbons (Fsp3) is 0.348. The molecule has 1 saturated carbocycles. The molecule has 0 unspecified atom stereocenters. The van der Waals surface area contributed by atoms with Crippen LogP contribution in [0.4, 0.5) is 10.1 Å². The number of hydrogen-bond donors (Lipinski definition) is 2. The third-order valence-electron chi connectivity index (χ3n) is 5.67. The Labute approximate surface area is 166 Å². The summed E-state index contributed by atoms with van der Waals surface area (Å²) in [6, 6.07) is 15.7. The van der Waals surface area contributed by atoms with Crippen molar-refractivity contribution >= 4 is 11.6 Å². The lowest BCUT2D eigenvalue weighted by Gasteiger charge is -2.20. The van der Waals surface area contributed by atoms with Gasteiger partial charge in [-0.15, -0.1) is 0 Å². The summed E-state index contributed by atoms with van der Waals surface area (Å²) in [5.41, 5.74) is 3.15. The highest BCUT2D eigenvalue weighted by Crippen LogP contribution is 2.48. The van der Waals surface area contributed by atoms with Crippen molar-refractivity contribution < 1.29 is 4.39 Å². The van der Waals surface area contributed by atoms with Gasteiger partial charge in [0.1, 0.15) is 5.82 Å². The van der Waals surface area contributed by atoms with E-state index in [0.29, 0.717) is 13.1 Å². The Morgan fingerprint density at radius 1 is 1.07 bits per heavy atom. The average Bonchev–Trinajstić information content (AvgIpc) is 3.30. The van der Waals surface area contributed by atoms with Gasteiger partial charge in [-0.1, -0.05) is 42.5 Å². The first-order valence-electron chi connectivity index (χ1n) is 9.89. The van der Waals surface area contributed by atoms with Crippen molar-refractivity contribution in [2.75, 3.05) is 31.6 Å². The minimum absolute atomic E-state index is 0.106. The minimum atomic E-state index is -0.113. The fourth-order valence-electron chi connectivity index (χ4n) is 3.79. The second-order valence-corrected chi connectivity index (χ2v) is 7.59. The molecule has 28 heavy (non-hydrogen) atoms. The molecule has 2 aromatic rings. The molecule has 0 saturated heterocycles. The maximum atomic E-state index is 14.2. The van der Waals surface area contributed by atoms with Gasteiger partial charge in [-0.2, -0.15) is 0 Å². The van der Waals surface area contributed by atoms with Gasteiger partial charge in [0.15, 0.2) is 5.96 Å². The lowest BCUT2D eigenvalue weighted by molar-refractivity contribution is 0.559. The topological polar surface area (TPSA) is 39.7 Å². The Hall–Kier alpha value is -2.82. The van der Waals surface area contributed by atoms with Crippen molar-refractivity contribution in [1.29, 1.82) is 0 Å². The molecule has 146 valence electrons. The summed E-state index contributed by atoms with van der Waals surface area (Å²) in [6.45, 7) is 3.32. The molecule has 1 fully saturated rings. The third-order valence-corrected chi connectivity index (χ3v) is 5.67. The van der Waals surface area contributed by atoms with Gasteiger partial charge >= 0.3 is 0 Å². The van der Waals surface area contributed by atoms with Crippen LogP contribution in [0.25, 0.3) is 0 Å². The first kappa shape index (κ1) is 18.5. The smallest absolute Gasteiger partial charge is 0.191 e. The SMILES string of the molecule is CN=C(NCc1cccc(N2CC=CC2)c1)NCC1(c2ccccc2F)CC1. The highest BCUT2D eigenvalue weighted by atomic mass is 19.1. The Morgan fingerprint density at radius 2 is 1.86 bits per heavy atom. The van der Waals surface area contributed by atoms with E-state index in [-0.39, 0.29) is 11.2 Å². The number of guanidine groups is 1. The van der Waals surface area contributed by atoms with E-state index in [9.17, 15) is 4.39 Å². The molecule has 2 N–H and O–H groups in total. The molecule has 5 heteroatoms. The van der Waals surface area contributed by atoms with Crippen LogP contribution in [-0.4, -0.2) is 32.6 Å². The van der Waals surface area contributed by atoms with Crippen molar-refractivity contribution in [1.82, 2.24) is 10.6 Å². The summed E-state index contributed by atoms with van der Waals surface area (Å²) < 4.78 is 14.2. The molecule has 4 nitrogen and oxygen atoms in total. The number of nitrogens with zero attached hydrogens (tertiary/aromatic N) is 2. The molecule has 4 rings (SSSR count). The zero-order valence-electron chi connectivity index (χ0n) is 16.3. The lowest BCUT2D eigenvalue weighted by Crippen LogP contribution is -2.41. The van der Waals surface area contributed by atoms with Gasteiger partial charge in [-0.3, -0.25) is 4.99 Å². The van der Waals surface area contributed by atoms with Crippen LogP contribution in [0.5, 0.6) is 0 Å². The molecule has 0 bridgehead atoms. The quantitative estimate of drug-likeness (QED) is 0.458. The van der Waals surface area contributed by atoms with E-state index in [2.05, 4.69) is 56.9 Å².